The molecule has 0 saturated carbocycles. The van der Waals surface area contributed by atoms with E-state index in [1.165, 1.54) is 0 Å². The first kappa shape index (κ1) is 13.5. The minimum absolute atomic E-state index is 0.380. The van der Waals surface area contributed by atoms with Crippen LogP contribution < -0.4 is 5.32 Å². The molecule has 3 heterocycles. The van der Waals surface area contributed by atoms with E-state index < -0.39 is 0 Å². The first-order valence-corrected chi connectivity index (χ1v) is 7.70. The van der Waals surface area contributed by atoms with E-state index in [-0.39, 0.29) is 0 Å². The van der Waals surface area contributed by atoms with Crippen LogP contribution in [0, 0.1) is 6.92 Å². The Bertz CT molecular complexity index is 813. The number of hydrogen-bond donors (Lipinski definition) is 1. The fourth-order valence-electron chi connectivity index (χ4n) is 3.16. The van der Waals surface area contributed by atoms with Crippen molar-refractivity contribution < 1.29 is 4.52 Å². The maximum atomic E-state index is 5.49. The van der Waals surface area contributed by atoms with Crippen LogP contribution in [0.5, 0.6) is 0 Å². The second-order valence-corrected chi connectivity index (χ2v) is 5.92. The Morgan fingerprint density at radius 1 is 1.27 bits per heavy atom. The molecular formula is C16H19N5O. The molecule has 0 aliphatic carbocycles. The Morgan fingerprint density at radius 2 is 2.09 bits per heavy atom. The molecule has 1 saturated heterocycles. The number of hydrogen-bond acceptors (Lipinski definition) is 5. The van der Waals surface area contributed by atoms with Crippen molar-refractivity contribution in [2.24, 2.45) is 7.05 Å². The van der Waals surface area contributed by atoms with Crippen molar-refractivity contribution in [2.75, 3.05) is 13.1 Å². The van der Waals surface area contributed by atoms with Crippen LogP contribution in [0.4, 0.5) is 0 Å². The molecule has 6 nitrogen and oxygen atoms in total. The smallest absolute Gasteiger partial charge is 0.230 e. The van der Waals surface area contributed by atoms with Crippen LogP contribution in [0.2, 0.25) is 0 Å². The lowest BCUT2D eigenvalue weighted by molar-refractivity contribution is 0.320. The van der Waals surface area contributed by atoms with Gasteiger partial charge in [0.25, 0.3) is 0 Å². The molecule has 1 fully saturated rings. The van der Waals surface area contributed by atoms with Crippen LogP contribution >= 0.6 is 0 Å². The third kappa shape index (κ3) is 2.20. The molecular weight excluding hydrogens is 278 g/mol. The summed E-state index contributed by atoms with van der Waals surface area (Å²) in [5.41, 5.74) is 3.09. The number of aryl methyl sites for hydroxylation is 2. The minimum atomic E-state index is 0.380. The van der Waals surface area contributed by atoms with E-state index in [4.69, 9.17) is 4.52 Å². The lowest BCUT2D eigenvalue weighted by Crippen LogP contribution is -2.26. The van der Waals surface area contributed by atoms with E-state index in [1.54, 1.807) is 0 Å². The third-order valence-corrected chi connectivity index (χ3v) is 4.42. The molecule has 114 valence electrons. The number of fused-ring (bicyclic) bond motifs is 1. The molecule has 6 heteroatoms. The van der Waals surface area contributed by atoms with Crippen molar-refractivity contribution in [2.45, 2.75) is 25.7 Å². The summed E-state index contributed by atoms with van der Waals surface area (Å²) in [6, 6.07) is 6.19. The van der Waals surface area contributed by atoms with Gasteiger partial charge in [0, 0.05) is 23.9 Å². The van der Waals surface area contributed by atoms with E-state index >= 15 is 0 Å². The highest BCUT2D eigenvalue weighted by atomic mass is 16.5. The molecule has 0 bridgehead atoms. The van der Waals surface area contributed by atoms with Crippen molar-refractivity contribution in [1.29, 1.82) is 0 Å². The van der Waals surface area contributed by atoms with Crippen LogP contribution in [0.1, 0.15) is 30.3 Å². The topological polar surface area (TPSA) is 68.8 Å². The lowest BCUT2D eigenvalue weighted by Gasteiger charge is -2.18. The van der Waals surface area contributed by atoms with E-state index in [2.05, 4.69) is 32.7 Å². The van der Waals surface area contributed by atoms with Gasteiger partial charge in [0.1, 0.15) is 0 Å². The second kappa shape index (κ2) is 5.21. The Hall–Kier alpha value is -2.21. The summed E-state index contributed by atoms with van der Waals surface area (Å²) in [6.07, 6.45) is 2.11. The predicted molar refractivity (Wildman–Crippen MR) is 83.6 cm³/mol. The predicted octanol–water partition coefficient (Wildman–Crippen LogP) is 2.40. The van der Waals surface area contributed by atoms with Gasteiger partial charge in [-0.1, -0.05) is 17.3 Å². The normalized spacial score (nSPS) is 16.5. The molecule has 0 radical (unpaired) electrons. The zero-order chi connectivity index (χ0) is 15.1. The van der Waals surface area contributed by atoms with Gasteiger partial charge in [-0.05, 0) is 38.9 Å². The summed E-state index contributed by atoms with van der Waals surface area (Å²) in [5.74, 6) is 1.80. The molecule has 1 aromatic carbocycles. The quantitative estimate of drug-likeness (QED) is 0.786. The minimum Gasteiger partial charge on any atom is -0.339 e. The second-order valence-electron chi connectivity index (χ2n) is 5.92. The van der Waals surface area contributed by atoms with Gasteiger partial charge in [0.15, 0.2) is 0 Å². The Labute approximate surface area is 128 Å². The third-order valence-electron chi connectivity index (χ3n) is 4.42. The van der Waals surface area contributed by atoms with E-state index in [0.717, 1.165) is 54.0 Å². The molecule has 3 aromatic rings. The maximum Gasteiger partial charge on any atom is 0.230 e. The Balaban J connectivity index is 1.69. The molecule has 0 unspecified atom stereocenters. The molecule has 0 atom stereocenters. The summed E-state index contributed by atoms with van der Waals surface area (Å²) in [7, 11) is 1.95. The van der Waals surface area contributed by atoms with Gasteiger partial charge < -0.3 is 9.84 Å². The Morgan fingerprint density at radius 3 is 2.91 bits per heavy atom. The summed E-state index contributed by atoms with van der Waals surface area (Å²) in [4.78, 5) is 4.61. The number of aromatic nitrogens is 4. The Kier molecular flexibility index (Phi) is 3.18. The highest BCUT2D eigenvalue weighted by molar-refractivity contribution is 5.85. The summed E-state index contributed by atoms with van der Waals surface area (Å²) in [6.45, 7) is 4.05. The first-order chi connectivity index (χ1) is 10.7. The van der Waals surface area contributed by atoms with E-state index in [0.29, 0.717) is 11.7 Å². The van der Waals surface area contributed by atoms with E-state index in [1.807, 2.05) is 24.7 Å². The summed E-state index contributed by atoms with van der Waals surface area (Å²) >= 11 is 0. The fraction of sp³-hybridized carbons (Fsp3) is 0.438. The highest BCUT2D eigenvalue weighted by Gasteiger charge is 2.22. The van der Waals surface area contributed by atoms with E-state index in [9.17, 15) is 0 Å². The molecule has 1 aliphatic rings. The number of nitrogens with zero attached hydrogens (tertiary/aromatic N) is 4. The van der Waals surface area contributed by atoms with Crippen molar-refractivity contribution in [3.63, 3.8) is 0 Å². The van der Waals surface area contributed by atoms with Crippen molar-refractivity contribution >= 4 is 10.9 Å². The average Bonchev–Trinajstić information content (AvgIpc) is 3.14. The van der Waals surface area contributed by atoms with Crippen molar-refractivity contribution in [3.8, 4) is 11.4 Å². The van der Waals surface area contributed by atoms with Crippen LogP contribution in [0.15, 0.2) is 22.7 Å². The molecule has 0 amide bonds. The largest absolute Gasteiger partial charge is 0.339 e. The van der Waals surface area contributed by atoms with Gasteiger partial charge >= 0.3 is 0 Å². The van der Waals surface area contributed by atoms with Crippen LogP contribution in [-0.2, 0) is 7.05 Å². The summed E-state index contributed by atoms with van der Waals surface area (Å²) in [5, 5.41) is 13.1. The molecule has 4 rings (SSSR count). The zero-order valence-electron chi connectivity index (χ0n) is 12.8. The number of nitrogens with one attached hydrogen (secondary N) is 1. The molecule has 0 spiro atoms. The lowest BCUT2D eigenvalue weighted by atomic mass is 9.98. The number of benzene rings is 1. The van der Waals surface area contributed by atoms with Gasteiger partial charge in [-0.15, -0.1) is 0 Å². The van der Waals surface area contributed by atoms with Gasteiger partial charge in [0.05, 0.1) is 11.2 Å². The van der Waals surface area contributed by atoms with Gasteiger partial charge in [-0.2, -0.15) is 10.1 Å². The van der Waals surface area contributed by atoms with Crippen LogP contribution in [0.25, 0.3) is 22.3 Å². The van der Waals surface area contributed by atoms with Gasteiger partial charge in [-0.25, -0.2) is 0 Å². The van der Waals surface area contributed by atoms with Gasteiger partial charge in [-0.3, -0.25) is 4.68 Å². The average molecular weight is 297 g/mol. The van der Waals surface area contributed by atoms with Crippen LogP contribution in [-0.4, -0.2) is 33.0 Å². The zero-order valence-corrected chi connectivity index (χ0v) is 12.8. The molecule has 1 aliphatic heterocycles. The highest BCUT2D eigenvalue weighted by Crippen LogP contribution is 2.28. The molecule has 2 aromatic heterocycles. The standard InChI is InChI=1S/C16H19N5O/c1-10-13-4-3-12(9-14(13)21(2)19-10)15-18-16(22-20-15)11-5-7-17-8-6-11/h3-4,9,11,17H,5-8H2,1-2H3. The summed E-state index contributed by atoms with van der Waals surface area (Å²) < 4.78 is 7.39. The number of rotatable bonds is 2. The first-order valence-electron chi connectivity index (χ1n) is 7.70. The number of piperidine rings is 1. The SMILES string of the molecule is Cc1nn(C)c2cc(-c3noc(C4CCNCC4)n3)ccc12. The molecule has 1 N–H and O–H groups in total. The van der Waals surface area contributed by atoms with Crippen molar-refractivity contribution in [3.05, 3.63) is 29.8 Å². The van der Waals surface area contributed by atoms with Crippen molar-refractivity contribution in [1.82, 2.24) is 25.2 Å². The molecule has 22 heavy (non-hydrogen) atoms. The van der Waals surface area contributed by atoms with Gasteiger partial charge in [0.2, 0.25) is 11.7 Å². The fourth-order valence-corrected chi connectivity index (χ4v) is 3.16. The maximum absolute atomic E-state index is 5.49. The van der Waals surface area contributed by atoms with Crippen LogP contribution in [0.3, 0.4) is 0 Å². The monoisotopic (exact) mass is 297 g/mol.